The standard InChI is InChI=1S/C19H27NO2/c1-22-19-5-3-2-4-16(19)15-8-9-20(12-18(15)21)17-11-13-6-7-14(17)10-13/h2-5,13-15,17-18,21H,6-12H2,1H3/t13-,14?,15+,17+,18-/m0/s1. The van der Waals surface area contributed by atoms with Crippen LogP contribution in [0.15, 0.2) is 24.3 Å². The number of rotatable bonds is 3. The number of fused-ring (bicyclic) bond motifs is 2. The molecule has 1 N–H and O–H groups in total. The van der Waals surface area contributed by atoms with Gasteiger partial charge in [0.25, 0.3) is 0 Å². The first-order valence-electron chi connectivity index (χ1n) is 8.81. The van der Waals surface area contributed by atoms with E-state index in [1.165, 1.54) is 31.2 Å². The Hall–Kier alpha value is -1.06. The van der Waals surface area contributed by atoms with Gasteiger partial charge >= 0.3 is 0 Å². The fourth-order valence-corrected chi connectivity index (χ4v) is 5.25. The van der Waals surface area contributed by atoms with Gasteiger partial charge in [0.05, 0.1) is 13.2 Å². The summed E-state index contributed by atoms with van der Waals surface area (Å²) < 4.78 is 5.49. The lowest BCUT2D eigenvalue weighted by Crippen LogP contribution is -2.49. The van der Waals surface area contributed by atoms with Crippen LogP contribution in [0.1, 0.15) is 43.6 Å². The summed E-state index contributed by atoms with van der Waals surface area (Å²) in [5, 5.41) is 10.7. The SMILES string of the molecule is COc1ccccc1[C@H]1CCN([C@@H]2C[C@H]3CCC2C3)C[C@@H]1O. The van der Waals surface area contributed by atoms with Gasteiger partial charge < -0.3 is 9.84 Å². The van der Waals surface area contributed by atoms with E-state index in [0.29, 0.717) is 0 Å². The zero-order valence-electron chi connectivity index (χ0n) is 13.4. The summed E-state index contributed by atoms with van der Waals surface area (Å²) in [6.45, 7) is 1.95. The predicted molar refractivity (Wildman–Crippen MR) is 87.2 cm³/mol. The number of ether oxygens (including phenoxy) is 1. The number of piperidine rings is 1. The molecule has 5 atom stereocenters. The van der Waals surface area contributed by atoms with E-state index in [0.717, 1.165) is 43.1 Å². The fraction of sp³-hybridized carbons (Fsp3) is 0.684. The van der Waals surface area contributed by atoms with Crippen molar-refractivity contribution in [2.24, 2.45) is 11.8 Å². The second-order valence-electron chi connectivity index (χ2n) is 7.44. The summed E-state index contributed by atoms with van der Waals surface area (Å²) in [6, 6.07) is 8.91. The van der Waals surface area contributed by atoms with E-state index in [1.54, 1.807) is 7.11 Å². The molecular weight excluding hydrogens is 274 g/mol. The molecule has 22 heavy (non-hydrogen) atoms. The highest BCUT2D eigenvalue weighted by molar-refractivity contribution is 5.37. The van der Waals surface area contributed by atoms with Crippen molar-refractivity contribution in [2.45, 2.75) is 50.2 Å². The van der Waals surface area contributed by atoms with Crippen LogP contribution in [0.5, 0.6) is 5.75 Å². The van der Waals surface area contributed by atoms with Crippen LogP contribution in [-0.2, 0) is 0 Å². The summed E-state index contributed by atoms with van der Waals surface area (Å²) in [7, 11) is 1.72. The van der Waals surface area contributed by atoms with Gasteiger partial charge in [-0.3, -0.25) is 4.90 Å². The number of hydrogen-bond acceptors (Lipinski definition) is 3. The number of likely N-dealkylation sites (tertiary alicyclic amines) is 1. The molecule has 0 amide bonds. The second-order valence-corrected chi connectivity index (χ2v) is 7.44. The van der Waals surface area contributed by atoms with E-state index >= 15 is 0 Å². The molecule has 1 unspecified atom stereocenters. The van der Waals surface area contributed by atoms with Crippen molar-refractivity contribution in [2.75, 3.05) is 20.2 Å². The quantitative estimate of drug-likeness (QED) is 0.931. The molecule has 1 heterocycles. The third-order valence-corrected chi connectivity index (χ3v) is 6.32. The van der Waals surface area contributed by atoms with Crippen LogP contribution in [0, 0.1) is 11.8 Å². The van der Waals surface area contributed by atoms with Crippen molar-refractivity contribution >= 4 is 0 Å². The van der Waals surface area contributed by atoms with Gasteiger partial charge in [0.1, 0.15) is 5.75 Å². The minimum absolute atomic E-state index is 0.214. The van der Waals surface area contributed by atoms with E-state index in [9.17, 15) is 5.11 Å². The number of aliphatic hydroxyl groups excluding tert-OH is 1. The Kier molecular flexibility index (Phi) is 3.87. The summed E-state index contributed by atoms with van der Waals surface area (Å²) in [5.41, 5.74) is 1.17. The molecule has 1 aromatic rings. The molecule has 0 aromatic heterocycles. The Balaban J connectivity index is 1.46. The minimum atomic E-state index is -0.274. The largest absolute Gasteiger partial charge is 0.496 e. The number of β-amino-alcohol motifs (C(OH)–C–C–N with tert-alkyl or cyclic N) is 1. The maximum absolute atomic E-state index is 10.7. The third-order valence-electron chi connectivity index (χ3n) is 6.32. The number of methoxy groups -OCH3 is 1. The average molecular weight is 301 g/mol. The molecule has 1 aromatic carbocycles. The summed E-state index contributed by atoms with van der Waals surface area (Å²) in [6.07, 6.45) is 6.43. The molecule has 3 aliphatic rings. The van der Waals surface area contributed by atoms with Crippen LogP contribution in [0.25, 0.3) is 0 Å². The van der Waals surface area contributed by atoms with E-state index < -0.39 is 0 Å². The number of para-hydroxylation sites is 1. The molecule has 1 saturated heterocycles. The highest BCUT2D eigenvalue weighted by atomic mass is 16.5. The second kappa shape index (κ2) is 5.86. The maximum atomic E-state index is 10.7. The van der Waals surface area contributed by atoms with Gasteiger partial charge in [-0.05, 0) is 55.7 Å². The molecule has 4 rings (SSSR count). The highest BCUT2D eigenvalue weighted by Gasteiger charge is 2.44. The summed E-state index contributed by atoms with van der Waals surface area (Å²) >= 11 is 0. The number of hydrogen-bond donors (Lipinski definition) is 1. The van der Waals surface area contributed by atoms with Crippen LogP contribution >= 0.6 is 0 Å². The molecular formula is C19H27NO2. The Bertz CT molecular complexity index is 532. The number of benzene rings is 1. The van der Waals surface area contributed by atoms with Crippen LogP contribution in [0.3, 0.4) is 0 Å². The number of nitrogens with zero attached hydrogens (tertiary/aromatic N) is 1. The lowest BCUT2D eigenvalue weighted by atomic mass is 9.84. The van der Waals surface area contributed by atoms with Crippen molar-refractivity contribution in [1.29, 1.82) is 0 Å². The van der Waals surface area contributed by atoms with E-state index in [4.69, 9.17) is 4.74 Å². The summed E-state index contributed by atoms with van der Waals surface area (Å²) in [4.78, 5) is 2.58. The molecule has 3 fully saturated rings. The van der Waals surface area contributed by atoms with Crippen molar-refractivity contribution < 1.29 is 9.84 Å². The Morgan fingerprint density at radius 2 is 2.00 bits per heavy atom. The first-order valence-corrected chi connectivity index (χ1v) is 8.81. The van der Waals surface area contributed by atoms with Crippen molar-refractivity contribution in [3.63, 3.8) is 0 Å². The van der Waals surface area contributed by atoms with E-state index in [-0.39, 0.29) is 12.0 Å². The van der Waals surface area contributed by atoms with Crippen LogP contribution in [0.2, 0.25) is 0 Å². The van der Waals surface area contributed by atoms with E-state index in [1.807, 2.05) is 18.2 Å². The Morgan fingerprint density at radius 3 is 2.68 bits per heavy atom. The molecule has 0 spiro atoms. The third kappa shape index (κ3) is 2.44. The molecule has 1 aliphatic heterocycles. The molecule has 0 radical (unpaired) electrons. The van der Waals surface area contributed by atoms with Gasteiger partial charge in [0.15, 0.2) is 0 Å². The normalized spacial score (nSPS) is 38.4. The van der Waals surface area contributed by atoms with Gasteiger partial charge in [-0.1, -0.05) is 24.6 Å². The van der Waals surface area contributed by atoms with Crippen LogP contribution in [-0.4, -0.2) is 42.4 Å². The van der Waals surface area contributed by atoms with Crippen molar-refractivity contribution in [3.8, 4) is 5.75 Å². The van der Waals surface area contributed by atoms with Crippen LogP contribution in [0.4, 0.5) is 0 Å². The zero-order chi connectivity index (χ0) is 15.1. The maximum Gasteiger partial charge on any atom is 0.122 e. The van der Waals surface area contributed by atoms with Gasteiger partial charge in [0.2, 0.25) is 0 Å². The first kappa shape index (κ1) is 14.5. The van der Waals surface area contributed by atoms with Gasteiger partial charge in [-0.25, -0.2) is 0 Å². The minimum Gasteiger partial charge on any atom is -0.496 e. The predicted octanol–water partition coefficient (Wildman–Crippen LogP) is 3.03. The van der Waals surface area contributed by atoms with Crippen molar-refractivity contribution in [1.82, 2.24) is 4.90 Å². The smallest absolute Gasteiger partial charge is 0.122 e. The first-order chi connectivity index (χ1) is 10.8. The molecule has 3 heteroatoms. The molecule has 120 valence electrons. The highest BCUT2D eigenvalue weighted by Crippen LogP contribution is 2.47. The van der Waals surface area contributed by atoms with E-state index in [2.05, 4.69) is 11.0 Å². The van der Waals surface area contributed by atoms with Gasteiger partial charge in [-0.2, -0.15) is 0 Å². The topological polar surface area (TPSA) is 32.7 Å². The lowest BCUT2D eigenvalue weighted by Gasteiger charge is -2.42. The van der Waals surface area contributed by atoms with Gasteiger partial charge in [0, 0.05) is 18.5 Å². The van der Waals surface area contributed by atoms with Crippen molar-refractivity contribution in [3.05, 3.63) is 29.8 Å². The molecule has 2 saturated carbocycles. The average Bonchev–Trinajstić information content (AvgIpc) is 3.18. The molecule has 2 aliphatic carbocycles. The molecule has 3 nitrogen and oxygen atoms in total. The van der Waals surface area contributed by atoms with Gasteiger partial charge in [-0.15, -0.1) is 0 Å². The fourth-order valence-electron chi connectivity index (χ4n) is 5.25. The monoisotopic (exact) mass is 301 g/mol. The summed E-state index contributed by atoms with van der Waals surface area (Å²) in [5.74, 6) is 3.00. The zero-order valence-corrected chi connectivity index (χ0v) is 13.4. The Morgan fingerprint density at radius 1 is 1.14 bits per heavy atom. The number of aliphatic hydroxyl groups is 1. The lowest BCUT2D eigenvalue weighted by molar-refractivity contribution is 0.0155. The molecule has 2 bridgehead atoms. The Labute approximate surface area is 133 Å². The van der Waals surface area contributed by atoms with Crippen LogP contribution < -0.4 is 4.74 Å².